The van der Waals surface area contributed by atoms with Crippen molar-refractivity contribution in [2.45, 2.75) is 31.4 Å². The maximum atomic E-state index is 9.70. The molecule has 0 amide bonds. The van der Waals surface area contributed by atoms with Crippen LogP contribution in [0.4, 0.5) is 5.82 Å². The normalized spacial score (nSPS) is 12.8. The monoisotopic (exact) mass is 241 g/mol. The van der Waals surface area contributed by atoms with E-state index in [1.54, 1.807) is 11.8 Å². The minimum Gasteiger partial charge on any atom is -0.391 e. The van der Waals surface area contributed by atoms with Gasteiger partial charge >= 0.3 is 0 Å². The number of hydrogen-bond donors (Lipinski definition) is 2. The molecule has 16 heavy (non-hydrogen) atoms. The third-order valence-corrected chi connectivity index (χ3v) is 2.75. The van der Waals surface area contributed by atoms with Crippen LogP contribution in [0, 0.1) is 5.92 Å². The number of nitrogens with one attached hydrogen (secondary N) is 1. The van der Waals surface area contributed by atoms with Crippen LogP contribution in [0.1, 0.15) is 20.3 Å². The molecule has 1 unspecified atom stereocenters. The van der Waals surface area contributed by atoms with Gasteiger partial charge < -0.3 is 10.4 Å². The van der Waals surface area contributed by atoms with Crippen molar-refractivity contribution in [2.24, 2.45) is 5.92 Å². The predicted octanol–water partition coefficient (Wildman–Crippen LogP) is 2.02. The zero-order valence-corrected chi connectivity index (χ0v) is 10.8. The number of aliphatic hydroxyl groups is 1. The highest BCUT2D eigenvalue weighted by molar-refractivity contribution is 7.98. The number of anilines is 1. The molecule has 1 rings (SSSR count). The Hall–Kier alpha value is -0.810. The van der Waals surface area contributed by atoms with Gasteiger partial charge in [-0.1, -0.05) is 13.8 Å². The fraction of sp³-hybridized carbons (Fsp3) is 0.636. The van der Waals surface area contributed by atoms with Crippen molar-refractivity contribution in [1.29, 1.82) is 0 Å². The molecule has 0 aliphatic carbocycles. The van der Waals surface area contributed by atoms with Gasteiger partial charge in [0.15, 0.2) is 0 Å². The molecule has 0 bridgehead atoms. The topological polar surface area (TPSA) is 58.0 Å². The summed E-state index contributed by atoms with van der Waals surface area (Å²) in [6.45, 7) is 4.72. The second-order valence-corrected chi connectivity index (χ2v) is 4.94. The average Bonchev–Trinajstić information content (AvgIpc) is 2.26. The lowest BCUT2D eigenvalue weighted by Gasteiger charge is -2.14. The molecule has 0 saturated carbocycles. The standard InChI is InChI=1S/C11H19N3OS/c1-8(2)4-9(15)6-12-10-5-11(16-3)14-7-13-10/h5,7-9,15H,4,6H2,1-3H3,(H,12,13,14). The lowest BCUT2D eigenvalue weighted by atomic mass is 10.1. The van der Waals surface area contributed by atoms with Gasteiger partial charge in [0.05, 0.1) is 6.10 Å². The van der Waals surface area contributed by atoms with Crippen LogP contribution in [0.15, 0.2) is 17.4 Å². The third kappa shape index (κ3) is 4.81. The number of rotatable bonds is 6. The molecule has 1 atom stereocenters. The van der Waals surface area contributed by atoms with Gasteiger partial charge in [0.1, 0.15) is 17.2 Å². The van der Waals surface area contributed by atoms with Crippen LogP contribution in [-0.2, 0) is 0 Å². The molecule has 0 spiro atoms. The molecule has 0 aromatic carbocycles. The van der Waals surface area contributed by atoms with E-state index in [-0.39, 0.29) is 6.10 Å². The first-order chi connectivity index (χ1) is 7.61. The molecular weight excluding hydrogens is 222 g/mol. The molecule has 0 aliphatic heterocycles. The van der Waals surface area contributed by atoms with Crippen molar-refractivity contribution < 1.29 is 5.11 Å². The molecule has 1 aromatic heterocycles. The van der Waals surface area contributed by atoms with E-state index >= 15 is 0 Å². The fourth-order valence-corrected chi connectivity index (χ4v) is 1.78. The first-order valence-corrected chi connectivity index (χ1v) is 6.62. The summed E-state index contributed by atoms with van der Waals surface area (Å²) in [6, 6.07) is 1.88. The molecule has 2 N–H and O–H groups in total. The molecular formula is C11H19N3OS. The van der Waals surface area contributed by atoms with Crippen molar-refractivity contribution >= 4 is 17.6 Å². The van der Waals surface area contributed by atoms with E-state index in [0.717, 1.165) is 17.3 Å². The van der Waals surface area contributed by atoms with E-state index in [9.17, 15) is 5.11 Å². The summed E-state index contributed by atoms with van der Waals surface area (Å²) < 4.78 is 0. The molecule has 90 valence electrons. The smallest absolute Gasteiger partial charge is 0.130 e. The Kier molecular flexibility index (Phi) is 5.55. The van der Waals surface area contributed by atoms with Crippen molar-refractivity contribution in [2.75, 3.05) is 18.1 Å². The van der Waals surface area contributed by atoms with Crippen molar-refractivity contribution in [3.05, 3.63) is 12.4 Å². The second-order valence-electron chi connectivity index (χ2n) is 4.11. The minimum absolute atomic E-state index is 0.326. The van der Waals surface area contributed by atoms with Gasteiger partial charge in [-0.05, 0) is 18.6 Å². The zero-order valence-electron chi connectivity index (χ0n) is 9.97. The molecule has 0 saturated heterocycles. The molecule has 5 heteroatoms. The minimum atomic E-state index is -0.326. The van der Waals surface area contributed by atoms with Gasteiger partial charge in [-0.3, -0.25) is 0 Å². The third-order valence-electron chi connectivity index (χ3n) is 2.11. The summed E-state index contributed by atoms with van der Waals surface area (Å²) in [5.74, 6) is 1.27. The lowest BCUT2D eigenvalue weighted by Crippen LogP contribution is -2.21. The Morgan fingerprint density at radius 1 is 1.44 bits per heavy atom. The van der Waals surface area contributed by atoms with E-state index in [1.165, 1.54) is 6.33 Å². The second kappa shape index (κ2) is 6.70. The van der Waals surface area contributed by atoms with Gasteiger partial charge in [0, 0.05) is 12.6 Å². The van der Waals surface area contributed by atoms with Gasteiger partial charge in [0.25, 0.3) is 0 Å². The number of aliphatic hydroxyl groups excluding tert-OH is 1. The Morgan fingerprint density at radius 2 is 2.19 bits per heavy atom. The summed E-state index contributed by atoms with van der Waals surface area (Å²) in [5, 5.41) is 13.7. The summed E-state index contributed by atoms with van der Waals surface area (Å²) in [6.07, 6.45) is 3.98. The molecule has 0 radical (unpaired) electrons. The Balaban J connectivity index is 2.41. The molecule has 4 nitrogen and oxygen atoms in total. The van der Waals surface area contributed by atoms with Crippen molar-refractivity contribution in [3.63, 3.8) is 0 Å². The average molecular weight is 241 g/mol. The number of hydrogen-bond acceptors (Lipinski definition) is 5. The van der Waals surface area contributed by atoms with Crippen molar-refractivity contribution in [3.8, 4) is 0 Å². The SMILES string of the molecule is CSc1cc(NCC(O)CC(C)C)ncn1. The van der Waals surface area contributed by atoms with E-state index in [0.29, 0.717) is 12.5 Å². The Labute approximate surface area is 101 Å². The van der Waals surface area contributed by atoms with Crippen LogP contribution >= 0.6 is 11.8 Å². The summed E-state index contributed by atoms with van der Waals surface area (Å²) in [5.41, 5.74) is 0. The largest absolute Gasteiger partial charge is 0.391 e. The number of aromatic nitrogens is 2. The molecule has 1 aromatic rings. The van der Waals surface area contributed by atoms with Gasteiger partial charge in [-0.15, -0.1) is 11.8 Å². The van der Waals surface area contributed by atoms with Crippen LogP contribution in [0.5, 0.6) is 0 Å². The van der Waals surface area contributed by atoms with Gasteiger partial charge in [-0.2, -0.15) is 0 Å². The van der Waals surface area contributed by atoms with E-state index < -0.39 is 0 Å². The maximum Gasteiger partial charge on any atom is 0.130 e. The fourth-order valence-electron chi connectivity index (χ4n) is 1.40. The lowest BCUT2D eigenvalue weighted by molar-refractivity contribution is 0.161. The number of thioether (sulfide) groups is 1. The number of nitrogens with zero attached hydrogens (tertiary/aromatic N) is 2. The quantitative estimate of drug-likeness (QED) is 0.589. The highest BCUT2D eigenvalue weighted by Gasteiger charge is 2.07. The van der Waals surface area contributed by atoms with Crippen molar-refractivity contribution in [1.82, 2.24) is 9.97 Å². The maximum absolute atomic E-state index is 9.70. The van der Waals surface area contributed by atoms with Crippen LogP contribution < -0.4 is 5.32 Å². The molecule has 0 aliphatic rings. The highest BCUT2D eigenvalue weighted by Crippen LogP contribution is 2.14. The molecule has 0 fully saturated rings. The van der Waals surface area contributed by atoms with E-state index in [4.69, 9.17) is 0 Å². The van der Waals surface area contributed by atoms with Crippen LogP contribution in [0.2, 0.25) is 0 Å². The Morgan fingerprint density at radius 3 is 2.81 bits per heavy atom. The summed E-state index contributed by atoms with van der Waals surface area (Å²) in [4.78, 5) is 8.17. The van der Waals surface area contributed by atoms with E-state index in [2.05, 4.69) is 29.1 Å². The van der Waals surface area contributed by atoms with Gasteiger partial charge in [-0.25, -0.2) is 9.97 Å². The molecule has 1 heterocycles. The Bertz CT molecular complexity index is 320. The predicted molar refractivity (Wildman–Crippen MR) is 67.8 cm³/mol. The first-order valence-electron chi connectivity index (χ1n) is 5.39. The van der Waals surface area contributed by atoms with Crippen LogP contribution in [0.25, 0.3) is 0 Å². The zero-order chi connectivity index (χ0) is 12.0. The first kappa shape index (κ1) is 13.3. The summed E-state index contributed by atoms with van der Waals surface area (Å²) in [7, 11) is 0. The van der Waals surface area contributed by atoms with Crippen LogP contribution in [-0.4, -0.2) is 34.0 Å². The van der Waals surface area contributed by atoms with Gasteiger partial charge in [0.2, 0.25) is 0 Å². The van der Waals surface area contributed by atoms with E-state index in [1.807, 2.05) is 12.3 Å². The highest BCUT2D eigenvalue weighted by atomic mass is 32.2. The van der Waals surface area contributed by atoms with Crippen LogP contribution in [0.3, 0.4) is 0 Å². The summed E-state index contributed by atoms with van der Waals surface area (Å²) >= 11 is 1.57.